The molecule has 0 saturated heterocycles. The van der Waals surface area contributed by atoms with Gasteiger partial charge >= 0.3 is 5.97 Å². The lowest BCUT2D eigenvalue weighted by atomic mass is 10.1. The molecule has 0 aliphatic heterocycles. The maximum atomic E-state index is 11.3. The Morgan fingerprint density at radius 3 is 2.33 bits per heavy atom. The summed E-state index contributed by atoms with van der Waals surface area (Å²) in [6.07, 6.45) is 5.03. The Balaban J connectivity index is 2.09. The van der Waals surface area contributed by atoms with E-state index in [-0.39, 0.29) is 12.4 Å². The standard InChI is InChI=1S/C24H31NO7S/c1-4-6-14-31-22-16-19(17-23(24(26)27)30-5-2)9-12-21(22)32-15-13-18-7-10-20(11-8-18)25-33(3,28)29/h7-12,16-17,25H,4-6,13-15H2,1-3H3,(H,26,27). The predicted octanol–water partition coefficient (Wildman–Crippen LogP) is 4.32. The van der Waals surface area contributed by atoms with Crippen molar-refractivity contribution in [1.29, 1.82) is 0 Å². The van der Waals surface area contributed by atoms with Crippen molar-refractivity contribution in [3.8, 4) is 11.5 Å². The van der Waals surface area contributed by atoms with Gasteiger partial charge in [-0.15, -0.1) is 0 Å². The second kappa shape index (κ2) is 12.7. The molecule has 0 radical (unpaired) electrons. The predicted molar refractivity (Wildman–Crippen MR) is 128 cm³/mol. The molecule has 9 heteroatoms. The van der Waals surface area contributed by atoms with E-state index >= 15 is 0 Å². The second-order valence-electron chi connectivity index (χ2n) is 7.32. The van der Waals surface area contributed by atoms with E-state index in [1.165, 1.54) is 6.08 Å². The summed E-state index contributed by atoms with van der Waals surface area (Å²) in [4.78, 5) is 11.3. The van der Waals surface area contributed by atoms with E-state index in [0.717, 1.165) is 24.7 Å². The highest BCUT2D eigenvalue weighted by Gasteiger charge is 2.11. The van der Waals surface area contributed by atoms with Crippen LogP contribution in [0.4, 0.5) is 5.69 Å². The van der Waals surface area contributed by atoms with Gasteiger partial charge in [0.1, 0.15) is 0 Å². The smallest absolute Gasteiger partial charge is 0.371 e. The summed E-state index contributed by atoms with van der Waals surface area (Å²) in [5, 5.41) is 9.28. The third-order valence-electron chi connectivity index (χ3n) is 4.44. The highest BCUT2D eigenvalue weighted by molar-refractivity contribution is 7.92. The zero-order valence-electron chi connectivity index (χ0n) is 19.2. The van der Waals surface area contributed by atoms with Crippen LogP contribution in [0.25, 0.3) is 6.08 Å². The molecule has 0 atom stereocenters. The van der Waals surface area contributed by atoms with Crippen molar-refractivity contribution in [2.45, 2.75) is 33.1 Å². The SMILES string of the molecule is CCCCOc1cc(C=C(OCC)C(=O)O)ccc1OCCc1ccc(NS(C)(=O)=O)cc1. The highest BCUT2D eigenvalue weighted by atomic mass is 32.2. The minimum atomic E-state index is -3.31. The molecule has 8 nitrogen and oxygen atoms in total. The molecule has 0 unspecified atom stereocenters. The Bertz CT molecular complexity index is 1050. The van der Waals surface area contributed by atoms with Crippen LogP contribution in [-0.2, 0) is 26.0 Å². The number of hydrogen-bond donors (Lipinski definition) is 2. The lowest BCUT2D eigenvalue weighted by Gasteiger charge is -2.14. The van der Waals surface area contributed by atoms with Gasteiger partial charge in [-0.3, -0.25) is 4.72 Å². The van der Waals surface area contributed by atoms with Gasteiger partial charge in [-0.25, -0.2) is 13.2 Å². The van der Waals surface area contributed by atoms with Gasteiger partial charge in [0.15, 0.2) is 11.5 Å². The Morgan fingerprint density at radius 1 is 1.03 bits per heavy atom. The zero-order chi connectivity index (χ0) is 24.3. The monoisotopic (exact) mass is 477 g/mol. The molecule has 2 aromatic carbocycles. The van der Waals surface area contributed by atoms with Crippen molar-refractivity contribution in [1.82, 2.24) is 0 Å². The van der Waals surface area contributed by atoms with Gasteiger partial charge in [0.2, 0.25) is 15.8 Å². The van der Waals surface area contributed by atoms with Crippen LogP contribution in [0.15, 0.2) is 48.2 Å². The molecule has 0 fully saturated rings. The fourth-order valence-electron chi connectivity index (χ4n) is 2.88. The van der Waals surface area contributed by atoms with Crippen LogP contribution in [0.1, 0.15) is 37.8 Å². The topological polar surface area (TPSA) is 111 Å². The average molecular weight is 478 g/mol. The van der Waals surface area contributed by atoms with Gasteiger partial charge in [-0.2, -0.15) is 0 Å². The molecule has 0 amide bonds. The fourth-order valence-corrected chi connectivity index (χ4v) is 3.44. The number of carboxylic acids is 1. The number of ether oxygens (including phenoxy) is 3. The van der Waals surface area contributed by atoms with Gasteiger partial charge in [0, 0.05) is 12.1 Å². The first-order chi connectivity index (χ1) is 15.7. The molecule has 0 bridgehead atoms. The molecule has 0 aromatic heterocycles. The summed E-state index contributed by atoms with van der Waals surface area (Å²) in [5.74, 6) is -0.180. The van der Waals surface area contributed by atoms with E-state index in [4.69, 9.17) is 14.2 Å². The van der Waals surface area contributed by atoms with E-state index in [1.54, 1.807) is 37.3 Å². The molecule has 0 spiro atoms. The molecule has 2 N–H and O–H groups in total. The maximum Gasteiger partial charge on any atom is 0.371 e. The van der Waals surface area contributed by atoms with E-state index in [2.05, 4.69) is 11.6 Å². The van der Waals surface area contributed by atoms with E-state index in [0.29, 0.717) is 42.4 Å². The first-order valence-electron chi connectivity index (χ1n) is 10.8. The first-order valence-corrected chi connectivity index (χ1v) is 12.6. The summed E-state index contributed by atoms with van der Waals surface area (Å²) in [7, 11) is -3.31. The minimum Gasteiger partial charge on any atom is -0.490 e. The number of benzene rings is 2. The fraction of sp³-hybridized carbons (Fsp3) is 0.375. The van der Waals surface area contributed by atoms with E-state index in [9.17, 15) is 18.3 Å². The van der Waals surface area contributed by atoms with Crippen LogP contribution < -0.4 is 14.2 Å². The normalized spacial score (nSPS) is 11.7. The number of rotatable bonds is 14. The quantitative estimate of drug-likeness (QED) is 0.237. The summed E-state index contributed by atoms with van der Waals surface area (Å²) >= 11 is 0. The van der Waals surface area contributed by atoms with Crippen LogP contribution in [0.5, 0.6) is 11.5 Å². The maximum absolute atomic E-state index is 11.3. The molecular formula is C24H31NO7S. The van der Waals surface area contributed by atoms with Crippen molar-refractivity contribution >= 4 is 27.8 Å². The number of unbranched alkanes of at least 4 members (excludes halogenated alkanes) is 1. The van der Waals surface area contributed by atoms with Gasteiger partial charge in [0.25, 0.3) is 0 Å². The number of sulfonamides is 1. The summed E-state index contributed by atoms with van der Waals surface area (Å²) in [5.41, 5.74) is 2.13. The van der Waals surface area contributed by atoms with Gasteiger partial charge in [-0.1, -0.05) is 31.5 Å². The number of carboxylic acid groups (broad SMARTS) is 1. The van der Waals surface area contributed by atoms with Crippen molar-refractivity contribution in [2.75, 3.05) is 30.8 Å². The van der Waals surface area contributed by atoms with E-state index in [1.807, 2.05) is 12.1 Å². The number of aliphatic carboxylic acids is 1. The van der Waals surface area contributed by atoms with Crippen LogP contribution in [0.2, 0.25) is 0 Å². The molecule has 0 aliphatic rings. The van der Waals surface area contributed by atoms with Crippen LogP contribution in [0.3, 0.4) is 0 Å². The van der Waals surface area contributed by atoms with Crippen LogP contribution in [-0.4, -0.2) is 45.6 Å². The molecule has 0 saturated carbocycles. The van der Waals surface area contributed by atoms with Gasteiger partial charge in [-0.05, 0) is 54.8 Å². The van der Waals surface area contributed by atoms with Gasteiger partial charge in [0.05, 0.1) is 26.1 Å². The highest BCUT2D eigenvalue weighted by Crippen LogP contribution is 2.30. The molecule has 0 heterocycles. The van der Waals surface area contributed by atoms with Crippen LogP contribution >= 0.6 is 0 Å². The summed E-state index contributed by atoms with van der Waals surface area (Å²) in [6, 6.07) is 12.3. The third-order valence-corrected chi connectivity index (χ3v) is 5.04. The summed E-state index contributed by atoms with van der Waals surface area (Å²) in [6.45, 7) is 4.95. The number of nitrogens with one attached hydrogen (secondary N) is 1. The zero-order valence-corrected chi connectivity index (χ0v) is 20.0. The third kappa shape index (κ3) is 9.44. The Morgan fingerprint density at radius 2 is 1.73 bits per heavy atom. The van der Waals surface area contributed by atoms with Gasteiger partial charge < -0.3 is 19.3 Å². The number of hydrogen-bond acceptors (Lipinski definition) is 6. The Hall–Kier alpha value is -3.20. The minimum absolute atomic E-state index is 0.139. The van der Waals surface area contributed by atoms with Crippen molar-refractivity contribution < 1.29 is 32.5 Å². The van der Waals surface area contributed by atoms with Crippen molar-refractivity contribution in [3.05, 3.63) is 59.4 Å². The Labute approximate surface area is 195 Å². The lowest BCUT2D eigenvalue weighted by molar-refractivity contribution is -0.136. The molecule has 180 valence electrons. The number of carbonyl (C=O) groups is 1. The van der Waals surface area contributed by atoms with Crippen molar-refractivity contribution in [2.24, 2.45) is 0 Å². The first kappa shape index (κ1) is 26.1. The second-order valence-corrected chi connectivity index (χ2v) is 9.07. The lowest BCUT2D eigenvalue weighted by Crippen LogP contribution is -2.09. The number of anilines is 1. The van der Waals surface area contributed by atoms with Crippen LogP contribution in [0, 0.1) is 0 Å². The molecule has 2 rings (SSSR count). The van der Waals surface area contributed by atoms with E-state index < -0.39 is 16.0 Å². The largest absolute Gasteiger partial charge is 0.490 e. The molecule has 0 aliphatic carbocycles. The van der Waals surface area contributed by atoms with Crippen molar-refractivity contribution in [3.63, 3.8) is 0 Å². The summed E-state index contributed by atoms with van der Waals surface area (Å²) < 4.78 is 42.0. The molecule has 33 heavy (non-hydrogen) atoms. The molecular weight excluding hydrogens is 446 g/mol. The molecule has 2 aromatic rings. The average Bonchev–Trinajstić information content (AvgIpc) is 2.75. The Kier molecular flexibility index (Phi) is 10.1.